The molecule has 2 aromatic heterocycles. The van der Waals surface area contributed by atoms with Crippen LogP contribution in [0, 0.1) is 5.82 Å². The Balaban J connectivity index is 1.86. The van der Waals surface area contributed by atoms with Crippen LogP contribution in [0.1, 0.15) is 35.3 Å². The summed E-state index contributed by atoms with van der Waals surface area (Å²) in [6.45, 7) is 4.56. The number of amides is 1. The van der Waals surface area contributed by atoms with Gasteiger partial charge in [-0.25, -0.2) is 4.39 Å². The molecule has 1 aliphatic rings. The van der Waals surface area contributed by atoms with E-state index in [1.54, 1.807) is 4.90 Å². The summed E-state index contributed by atoms with van der Waals surface area (Å²) in [6, 6.07) is 3.02. The van der Waals surface area contributed by atoms with Gasteiger partial charge in [0.25, 0.3) is 11.5 Å². The van der Waals surface area contributed by atoms with Crippen LogP contribution >= 0.6 is 0 Å². The van der Waals surface area contributed by atoms with E-state index in [2.05, 4.69) is 15.2 Å². The number of carbonyl (C=O) groups excluding carboxylic acids is 1. The van der Waals surface area contributed by atoms with Crippen molar-refractivity contribution < 1.29 is 35.5 Å². The Labute approximate surface area is 230 Å². The number of carbonyl (C=O) groups is 1. The highest BCUT2D eigenvalue weighted by atomic mass is 19.4. The third-order valence-electron chi connectivity index (χ3n) is 7.19. The van der Waals surface area contributed by atoms with Crippen LogP contribution in [0.15, 0.2) is 47.7 Å². The van der Waals surface area contributed by atoms with Crippen LogP contribution in [0.4, 0.5) is 42.1 Å². The summed E-state index contributed by atoms with van der Waals surface area (Å²) in [4.78, 5) is 32.5. The second-order valence-electron chi connectivity index (χ2n) is 10.1. The number of halogens is 7. The largest absolute Gasteiger partial charge is 0.417 e. The smallest absolute Gasteiger partial charge is 0.367 e. The third-order valence-corrected chi connectivity index (χ3v) is 7.19. The molecule has 1 N–H and O–H groups in total. The monoisotopic (exact) mass is 585 g/mol. The van der Waals surface area contributed by atoms with E-state index < -0.39 is 46.3 Å². The lowest BCUT2D eigenvalue weighted by atomic mass is 10.0. The van der Waals surface area contributed by atoms with Crippen LogP contribution in [-0.2, 0) is 19.4 Å². The van der Waals surface area contributed by atoms with Gasteiger partial charge in [-0.05, 0) is 39.1 Å². The van der Waals surface area contributed by atoms with E-state index in [4.69, 9.17) is 0 Å². The maximum Gasteiger partial charge on any atom is 0.417 e. The van der Waals surface area contributed by atoms with Gasteiger partial charge in [-0.15, -0.1) is 0 Å². The number of rotatable bonds is 4. The zero-order valence-corrected chi connectivity index (χ0v) is 22.4. The van der Waals surface area contributed by atoms with Gasteiger partial charge in [-0.3, -0.25) is 19.5 Å². The Hall–Kier alpha value is -3.94. The number of aryl methyl sites for hydroxylation is 1. The normalized spacial score (nSPS) is 18.5. The molecule has 1 fully saturated rings. The molecule has 2 unspecified atom stereocenters. The van der Waals surface area contributed by atoms with Crippen LogP contribution in [0.2, 0.25) is 0 Å². The molecule has 1 aliphatic heterocycles. The third kappa shape index (κ3) is 6.21. The van der Waals surface area contributed by atoms with E-state index in [0.717, 1.165) is 29.1 Å². The number of anilines is 2. The number of likely N-dealkylation sites (N-methyl/N-ethyl adjacent to an activating group) is 1. The number of hydrogen-bond acceptors (Lipinski definition) is 5. The first-order chi connectivity index (χ1) is 19.0. The lowest BCUT2D eigenvalue weighted by Gasteiger charge is -2.44. The van der Waals surface area contributed by atoms with E-state index >= 15 is 4.39 Å². The predicted molar refractivity (Wildman–Crippen MR) is 138 cm³/mol. The molecule has 0 saturated carbocycles. The number of piperazine rings is 1. The van der Waals surface area contributed by atoms with Crippen molar-refractivity contribution in [3.8, 4) is 11.1 Å². The summed E-state index contributed by atoms with van der Waals surface area (Å²) in [5, 5.41) is 2.39. The standard InChI is InChI=1S/C27H26F7N5O2/c1-14-11-39(12-15(2)38(14)4)23-8-21(28)18(16-5-17(10-35-9-16)26(29,30)31)6-22(23)36-25(41)19-13-37(3)24(40)7-20(19)27(32,33)34/h5-10,13-15H,11-12H2,1-4H3,(H,36,41). The zero-order valence-electron chi connectivity index (χ0n) is 22.4. The minimum atomic E-state index is -5.04. The fraction of sp³-hybridized carbons (Fsp3) is 0.370. The molecule has 0 bridgehead atoms. The number of hydrogen-bond donors (Lipinski definition) is 1. The van der Waals surface area contributed by atoms with Crippen molar-refractivity contribution in [3.63, 3.8) is 0 Å². The van der Waals surface area contributed by atoms with Crippen LogP contribution < -0.4 is 15.8 Å². The predicted octanol–water partition coefficient (Wildman–Crippen LogP) is 5.41. The zero-order chi connectivity index (χ0) is 30.4. The lowest BCUT2D eigenvalue weighted by Crippen LogP contribution is -2.55. The second-order valence-corrected chi connectivity index (χ2v) is 10.1. The summed E-state index contributed by atoms with van der Waals surface area (Å²) in [7, 11) is 3.08. The molecule has 2 atom stereocenters. The summed E-state index contributed by atoms with van der Waals surface area (Å²) in [6.07, 6.45) is -7.48. The first-order valence-electron chi connectivity index (χ1n) is 12.4. The van der Waals surface area contributed by atoms with Crippen LogP contribution in [0.5, 0.6) is 0 Å². The first-order valence-corrected chi connectivity index (χ1v) is 12.4. The molecule has 0 spiro atoms. The molecular formula is C27H26F7N5O2. The fourth-order valence-corrected chi connectivity index (χ4v) is 4.72. The van der Waals surface area contributed by atoms with Gasteiger partial charge in [-0.2, -0.15) is 26.3 Å². The van der Waals surface area contributed by atoms with E-state index in [1.165, 1.54) is 7.05 Å². The highest BCUT2D eigenvalue weighted by Crippen LogP contribution is 2.38. The van der Waals surface area contributed by atoms with Gasteiger partial charge in [-0.1, -0.05) is 0 Å². The number of nitrogens with one attached hydrogen (secondary N) is 1. The van der Waals surface area contributed by atoms with Crippen LogP contribution in [0.3, 0.4) is 0 Å². The minimum Gasteiger partial charge on any atom is -0.367 e. The average molecular weight is 586 g/mol. The number of nitrogens with zero attached hydrogens (tertiary/aromatic N) is 4. The van der Waals surface area contributed by atoms with Crippen LogP contribution in [0.25, 0.3) is 11.1 Å². The van der Waals surface area contributed by atoms with Gasteiger partial charge in [0.05, 0.1) is 28.1 Å². The maximum atomic E-state index is 15.5. The molecule has 3 heterocycles. The molecule has 220 valence electrons. The van der Waals surface area contributed by atoms with Crippen molar-refractivity contribution in [2.45, 2.75) is 38.3 Å². The van der Waals surface area contributed by atoms with E-state index in [0.29, 0.717) is 31.4 Å². The lowest BCUT2D eigenvalue weighted by molar-refractivity contribution is -0.138. The van der Waals surface area contributed by atoms with Crippen molar-refractivity contribution >= 4 is 17.3 Å². The maximum absolute atomic E-state index is 15.5. The Morgan fingerprint density at radius 1 is 0.951 bits per heavy atom. The number of pyridine rings is 2. The van der Waals surface area contributed by atoms with E-state index in [9.17, 15) is 35.9 Å². The Bertz CT molecular complexity index is 1520. The SMILES string of the molecule is CC1CN(c2cc(F)c(-c3cncc(C(F)(F)F)c3)cc2NC(=O)c2cn(C)c(=O)cc2C(F)(F)F)CC(C)N1C. The van der Waals surface area contributed by atoms with Crippen LogP contribution in [-0.4, -0.2) is 52.6 Å². The van der Waals surface area contributed by atoms with Gasteiger partial charge >= 0.3 is 12.4 Å². The summed E-state index contributed by atoms with van der Waals surface area (Å²) in [5.74, 6) is -2.17. The molecule has 4 rings (SSSR count). The van der Waals surface area contributed by atoms with Gasteiger partial charge in [0.2, 0.25) is 0 Å². The molecule has 1 aromatic carbocycles. The fourth-order valence-electron chi connectivity index (χ4n) is 4.72. The first kappa shape index (κ1) is 30.0. The number of aromatic nitrogens is 2. The molecule has 3 aromatic rings. The van der Waals surface area contributed by atoms with Gasteiger partial charge in [0, 0.05) is 68.0 Å². The minimum absolute atomic E-state index is 0.0295. The molecule has 7 nitrogen and oxygen atoms in total. The van der Waals surface area contributed by atoms with E-state index in [-0.39, 0.29) is 34.6 Å². The summed E-state index contributed by atoms with van der Waals surface area (Å²) in [5.41, 5.74) is -5.06. The van der Waals surface area contributed by atoms with Gasteiger partial charge in [0.1, 0.15) is 5.82 Å². The molecular weight excluding hydrogens is 559 g/mol. The highest BCUT2D eigenvalue weighted by Gasteiger charge is 2.37. The molecule has 0 aliphatic carbocycles. The molecule has 14 heteroatoms. The molecule has 1 amide bonds. The quantitative estimate of drug-likeness (QED) is 0.415. The topological polar surface area (TPSA) is 70.5 Å². The Kier molecular flexibility index (Phi) is 7.91. The van der Waals surface area contributed by atoms with Gasteiger partial charge < -0.3 is 14.8 Å². The van der Waals surface area contributed by atoms with Gasteiger partial charge in [0.15, 0.2) is 0 Å². The summed E-state index contributed by atoms with van der Waals surface area (Å²) >= 11 is 0. The second kappa shape index (κ2) is 10.8. The number of benzene rings is 1. The molecule has 41 heavy (non-hydrogen) atoms. The summed E-state index contributed by atoms with van der Waals surface area (Å²) < 4.78 is 97.5. The Morgan fingerprint density at radius 2 is 1.59 bits per heavy atom. The van der Waals surface area contributed by atoms with Crippen molar-refractivity contribution in [1.29, 1.82) is 0 Å². The van der Waals surface area contributed by atoms with Crippen molar-refractivity contribution in [1.82, 2.24) is 14.5 Å². The van der Waals surface area contributed by atoms with Crippen molar-refractivity contribution in [2.75, 3.05) is 30.4 Å². The highest BCUT2D eigenvalue weighted by molar-refractivity contribution is 6.07. The molecule has 1 saturated heterocycles. The number of alkyl halides is 6. The average Bonchev–Trinajstić information content (AvgIpc) is 2.88. The van der Waals surface area contributed by atoms with Crippen molar-refractivity contribution in [2.24, 2.45) is 7.05 Å². The molecule has 0 radical (unpaired) electrons. The van der Waals surface area contributed by atoms with Crippen molar-refractivity contribution in [3.05, 3.63) is 75.7 Å². The Morgan fingerprint density at radius 3 is 2.17 bits per heavy atom. The van der Waals surface area contributed by atoms with E-state index in [1.807, 2.05) is 20.9 Å².